The van der Waals surface area contributed by atoms with E-state index in [1.807, 2.05) is 11.8 Å². The molecule has 1 aliphatic heterocycles. The minimum Gasteiger partial charge on any atom is -0.381 e. The van der Waals surface area contributed by atoms with Crippen molar-refractivity contribution in [2.24, 2.45) is 4.99 Å². The molecule has 0 amide bonds. The van der Waals surface area contributed by atoms with Gasteiger partial charge in [0.15, 0.2) is 5.96 Å². The Morgan fingerprint density at radius 1 is 1.42 bits per heavy atom. The van der Waals surface area contributed by atoms with Gasteiger partial charge in [0, 0.05) is 36.4 Å². The highest BCUT2D eigenvalue weighted by atomic mass is 32.2. The zero-order valence-corrected chi connectivity index (χ0v) is 16.9. The van der Waals surface area contributed by atoms with E-state index < -0.39 is 0 Å². The Balaban J connectivity index is 1.94. The summed E-state index contributed by atoms with van der Waals surface area (Å²) in [6, 6.07) is 0. The number of nitrogens with zero attached hydrogens (tertiary/aromatic N) is 2. The molecule has 24 heavy (non-hydrogen) atoms. The van der Waals surface area contributed by atoms with Gasteiger partial charge in [0.25, 0.3) is 0 Å². The predicted octanol–water partition coefficient (Wildman–Crippen LogP) is 3.23. The maximum absolute atomic E-state index is 5.51. The molecule has 1 aromatic rings. The van der Waals surface area contributed by atoms with Crippen LogP contribution in [0, 0.1) is 0 Å². The summed E-state index contributed by atoms with van der Waals surface area (Å²) in [5, 5.41) is 10.1. The summed E-state index contributed by atoms with van der Waals surface area (Å²) < 4.78 is 5.76. The van der Waals surface area contributed by atoms with Gasteiger partial charge in [-0.15, -0.1) is 11.3 Å². The Morgan fingerprint density at radius 3 is 2.75 bits per heavy atom. The Bertz CT molecular complexity index is 524. The molecule has 0 saturated carbocycles. The van der Waals surface area contributed by atoms with Gasteiger partial charge in [-0.2, -0.15) is 11.8 Å². The van der Waals surface area contributed by atoms with Crippen molar-refractivity contribution >= 4 is 29.1 Å². The summed E-state index contributed by atoms with van der Waals surface area (Å²) in [6.07, 6.45) is 4.37. The third-order valence-corrected chi connectivity index (χ3v) is 6.56. The van der Waals surface area contributed by atoms with Crippen LogP contribution in [0.25, 0.3) is 0 Å². The molecule has 0 spiro atoms. The van der Waals surface area contributed by atoms with E-state index in [-0.39, 0.29) is 4.75 Å². The Labute approximate surface area is 154 Å². The number of thiazole rings is 1. The molecule has 0 radical (unpaired) electrons. The lowest BCUT2D eigenvalue weighted by molar-refractivity contribution is 0.0783. The average Bonchev–Trinajstić information content (AvgIpc) is 3.07. The molecular weight excluding hydrogens is 340 g/mol. The van der Waals surface area contributed by atoms with Gasteiger partial charge in [0.05, 0.1) is 12.2 Å². The van der Waals surface area contributed by atoms with Gasteiger partial charge < -0.3 is 15.4 Å². The average molecular weight is 371 g/mol. The Kier molecular flexibility index (Phi) is 7.84. The molecule has 0 aliphatic carbocycles. The number of ether oxygens (including phenoxy) is 1. The van der Waals surface area contributed by atoms with Gasteiger partial charge >= 0.3 is 0 Å². The summed E-state index contributed by atoms with van der Waals surface area (Å²) in [6.45, 7) is 10.5. The molecule has 1 aliphatic rings. The van der Waals surface area contributed by atoms with Crippen LogP contribution in [-0.2, 0) is 11.3 Å². The van der Waals surface area contributed by atoms with Gasteiger partial charge in [-0.3, -0.25) is 0 Å². The van der Waals surface area contributed by atoms with Crippen molar-refractivity contribution in [2.45, 2.75) is 50.8 Å². The molecule has 136 valence electrons. The lowest BCUT2D eigenvalue weighted by Crippen LogP contribution is -2.47. The van der Waals surface area contributed by atoms with Crippen molar-refractivity contribution in [2.75, 3.05) is 32.6 Å². The van der Waals surface area contributed by atoms with Crippen LogP contribution in [0.1, 0.15) is 50.2 Å². The number of rotatable bonds is 7. The fourth-order valence-electron chi connectivity index (χ4n) is 2.59. The zero-order chi connectivity index (χ0) is 17.4. The molecule has 1 saturated heterocycles. The number of thioether (sulfide) groups is 1. The van der Waals surface area contributed by atoms with Crippen LogP contribution < -0.4 is 10.6 Å². The first-order valence-corrected chi connectivity index (χ1v) is 10.8. The molecule has 7 heteroatoms. The standard InChI is InChI=1S/C17H30N4OS2/c1-5-18-16(19-10-15-21-14(11-24-15)13(2)3)20-12-17(23-4)6-8-22-9-7-17/h11,13H,5-10,12H2,1-4H3,(H2,18,19,20). The summed E-state index contributed by atoms with van der Waals surface area (Å²) in [5.74, 6) is 1.35. The highest BCUT2D eigenvalue weighted by molar-refractivity contribution is 8.00. The van der Waals surface area contributed by atoms with E-state index in [1.54, 1.807) is 11.3 Å². The first-order valence-electron chi connectivity index (χ1n) is 8.68. The monoisotopic (exact) mass is 370 g/mol. The summed E-state index contributed by atoms with van der Waals surface area (Å²) in [5.41, 5.74) is 1.16. The summed E-state index contributed by atoms with van der Waals surface area (Å²) >= 11 is 3.63. The largest absolute Gasteiger partial charge is 0.381 e. The van der Waals surface area contributed by atoms with Gasteiger partial charge in [-0.1, -0.05) is 13.8 Å². The van der Waals surface area contributed by atoms with Gasteiger partial charge in [-0.25, -0.2) is 9.98 Å². The number of guanidine groups is 1. The van der Waals surface area contributed by atoms with Crippen molar-refractivity contribution in [3.8, 4) is 0 Å². The fraction of sp³-hybridized carbons (Fsp3) is 0.765. The van der Waals surface area contributed by atoms with Crippen LogP contribution in [0.4, 0.5) is 0 Å². The second-order valence-electron chi connectivity index (χ2n) is 6.37. The number of hydrogen-bond donors (Lipinski definition) is 2. The van der Waals surface area contributed by atoms with Crippen molar-refractivity contribution in [1.29, 1.82) is 0 Å². The molecule has 0 atom stereocenters. The molecule has 1 aromatic heterocycles. The van der Waals surface area contributed by atoms with Crippen LogP contribution in [0.5, 0.6) is 0 Å². The summed E-state index contributed by atoms with van der Waals surface area (Å²) in [7, 11) is 0. The summed E-state index contributed by atoms with van der Waals surface area (Å²) in [4.78, 5) is 9.36. The van der Waals surface area contributed by atoms with E-state index in [0.717, 1.165) is 55.8 Å². The maximum Gasteiger partial charge on any atom is 0.191 e. The Morgan fingerprint density at radius 2 is 2.17 bits per heavy atom. The second kappa shape index (κ2) is 9.63. The number of nitrogens with one attached hydrogen (secondary N) is 2. The van der Waals surface area contributed by atoms with Crippen molar-refractivity contribution in [3.63, 3.8) is 0 Å². The van der Waals surface area contributed by atoms with E-state index in [9.17, 15) is 0 Å². The minimum atomic E-state index is 0.250. The lowest BCUT2D eigenvalue weighted by atomic mass is 9.99. The van der Waals surface area contributed by atoms with Gasteiger partial charge in [-0.05, 0) is 31.9 Å². The third kappa shape index (κ3) is 5.63. The normalized spacial score (nSPS) is 18.0. The lowest BCUT2D eigenvalue weighted by Gasteiger charge is -2.36. The van der Waals surface area contributed by atoms with E-state index in [2.05, 4.69) is 48.0 Å². The molecule has 5 nitrogen and oxygen atoms in total. The van der Waals surface area contributed by atoms with E-state index in [0.29, 0.717) is 12.5 Å². The highest BCUT2D eigenvalue weighted by Gasteiger charge is 2.31. The molecule has 0 aromatic carbocycles. The number of hydrogen-bond acceptors (Lipinski definition) is 5. The second-order valence-corrected chi connectivity index (χ2v) is 8.59. The first-order chi connectivity index (χ1) is 11.6. The van der Waals surface area contributed by atoms with Crippen LogP contribution in [0.3, 0.4) is 0 Å². The van der Waals surface area contributed by atoms with E-state index in [1.165, 1.54) is 0 Å². The maximum atomic E-state index is 5.51. The Hall–Kier alpha value is -0.790. The minimum absolute atomic E-state index is 0.250. The first kappa shape index (κ1) is 19.5. The SMILES string of the molecule is CCNC(=NCc1nc(C(C)C)cs1)NCC1(SC)CCOCC1. The van der Waals surface area contributed by atoms with E-state index >= 15 is 0 Å². The van der Waals surface area contributed by atoms with Crippen LogP contribution in [0.2, 0.25) is 0 Å². The quantitative estimate of drug-likeness (QED) is 0.570. The number of aromatic nitrogens is 1. The molecule has 2 heterocycles. The molecule has 1 fully saturated rings. The van der Waals surface area contributed by atoms with Crippen molar-refractivity contribution in [3.05, 3.63) is 16.1 Å². The van der Waals surface area contributed by atoms with Crippen molar-refractivity contribution in [1.82, 2.24) is 15.6 Å². The van der Waals surface area contributed by atoms with E-state index in [4.69, 9.17) is 9.73 Å². The molecule has 0 bridgehead atoms. The highest BCUT2D eigenvalue weighted by Crippen LogP contribution is 2.32. The van der Waals surface area contributed by atoms with Crippen LogP contribution >= 0.6 is 23.1 Å². The topological polar surface area (TPSA) is 58.5 Å². The number of aliphatic imine (C=N–C) groups is 1. The smallest absolute Gasteiger partial charge is 0.191 e. The zero-order valence-electron chi connectivity index (χ0n) is 15.2. The van der Waals surface area contributed by atoms with Crippen LogP contribution in [-0.4, -0.2) is 48.2 Å². The van der Waals surface area contributed by atoms with Crippen LogP contribution in [0.15, 0.2) is 10.4 Å². The molecule has 2 N–H and O–H groups in total. The van der Waals surface area contributed by atoms with Gasteiger partial charge in [0.2, 0.25) is 0 Å². The third-order valence-electron chi connectivity index (χ3n) is 4.29. The molecule has 0 unspecified atom stereocenters. The fourth-order valence-corrected chi connectivity index (χ4v) is 4.26. The van der Waals surface area contributed by atoms with Gasteiger partial charge in [0.1, 0.15) is 5.01 Å². The molecular formula is C17H30N4OS2. The predicted molar refractivity (Wildman–Crippen MR) is 105 cm³/mol. The van der Waals surface area contributed by atoms with Crippen molar-refractivity contribution < 1.29 is 4.74 Å². The molecule has 2 rings (SSSR count).